The van der Waals surface area contributed by atoms with Gasteiger partial charge in [0.15, 0.2) is 0 Å². The van der Waals surface area contributed by atoms with E-state index in [-0.39, 0.29) is 24.0 Å². The van der Waals surface area contributed by atoms with E-state index in [1.54, 1.807) is 0 Å². The fourth-order valence-corrected chi connectivity index (χ4v) is 4.12. The first kappa shape index (κ1) is 15.8. The molecule has 0 heterocycles. The first-order valence-corrected chi connectivity index (χ1v) is 8.60. The molecule has 0 aromatic heterocycles. The fraction of sp³-hybridized carbons (Fsp3) is 0.174. The number of hydrogen-bond donors (Lipinski definition) is 1. The Morgan fingerprint density at radius 2 is 1.20 bits per heavy atom. The molecule has 3 aromatic carbocycles. The molecule has 3 atom stereocenters. The molecule has 3 aromatic rings. The number of carbonyl (C=O) groups is 1. The van der Waals surface area contributed by atoms with Crippen LogP contribution in [-0.2, 0) is 10.4 Å². The lowest BCUT2D eigenvalue weighted by molar-refractivity contribution is -0.119. The minimum Gasteiger partial charge on any atom is -0.384 e. The van der Waals surface area contributed by atoms with Gasteiger partial charge < -0.3 is 5.11 Å². The third-order valence-electron chi connectivity index (χ3n) is 5.23. The Morgan fingerprint density at radius 3 is 1.76 bits per heavy atom. The minimum atomic E-state index is -1.19. The highest BCUT2D eigenvalue weighted by Gasteiger charge is 2.54. The Bertz CT molecular complexity index is 858. The van der Waals surface area contributed by atoms with Crippen LogP contribution in [0.1, 0.15) is 34.9 Å². The van der Waals surface area contributed by atoms with Crippen molar-refractivity contribution in [3.63, 3.8) is 0 Å². The van der Waals surface area contributed by atoms with Crippen molar-refractivity contribution < 1.29 is 9.90 Å². The number of hydrogen-bond acceptors (Lipinski definition) is 2. The lowest BCUT2D eigenvalue weighted by Gasteiger charge is -2.33. The van der Waals surface area contributed by atoms with Crippen molar-refractivity contribution in [3.8, 4) is 0 Å². The summed E-state index contributed by atoms with van der Waals surface area (Å²) in [5.74, 6) is -0.550. The van der Waals surface area contributed by atoms with E-state index in [1.165, 1.54) is 0 Å². The van der Waals surface area contributed by atoms with Crippen LogP contribution in [0.25, 0.3) is 0 Å². The molecule has 1 aliphatic rings. The van der Waals surface area contributed by atoms with Gasteiger partial charge in [-0.3, -0.25) is 4.79 Å². The van der Waals surface area contributed by atoms with Gasteiger partial charge in [0.2, 0.25) is 0 Å². The van der Waals surface area contributed by atoms with Crippen LogP contribution < -0.4 is 0 Å². The maximum absolute atomic E-state index is 13.0. The smallest absolute Gasteiger partial charge is 0.144 e. The van der Waals surface area contributed by atoms with Crippen molar-refractivity contribution in [2.75, 3.05) is 0 Å². The average Bonchev–Trinajstić information content (AvgIpc) is 2.95. The number of carbonyl (C=O) groups excluding carboxylic acids is 1. The van der Waals surface area contributed by atoms with Crippen LogP contribution in [0, 0.1) is 0 Å². The molecular formula is C23H20O2. The van der Waals surface area contributed by atoms with Crippen molar-refractivity contribution in [1.82, 2.24) is 0 Å². The van der Waals surface area contributed by atoms with Gasteiger partial charge in [-0.2, -0.15) is 0 Å². The summed E-state index contributed by atoms with van der Waals surface area (Å²) in [5.41, 5.74) is 1.57. The standard InChI is InChI=1S/C23H20O2/c24-20-16-23(25,19-14-8-3-9-15-19)22(18-12-6-2-7-13-18)21(20)17-10-4-1-5-11-17/h1-15,21-22,25H,16H2/t21-,22+,23+/m0/s1. The Labute approximate surface area is 147 Å². The van der Waals surface area contributed by atoms with Crippen LogP contribution in [0.2, 0.25) is 0 Å². The van der Waals surface area contributed by atoms with Gasteiger partial charge in [0, 0.05) is 12.3 Å². The molecule has 1 aliphatic carbocycles. The quantitative estimate of drug-likeness (QED) is 0.773. The summed E-state index contributed by atoms with van der Waals surface area (Å²) < 4.78 is 0. The van der Waals surface area contributed by atoms with Crippen molar-refractivity contribution in [2.45, 2.75) is 23.9 Å². The molecule has 124 valence electrons. The Balaban J connectivity index is 1.90. The van der Waals surface area contributed by atoms with Crippen LogP contribution in [0.3, 0.4) is 0 Å². The van der Waals surface area contributed by atoms with Gasteiger partial charge in [-0.1, -0.05) is 91.0 Å². The van der Waals surface area contributed by atoms with Crippen molar-refractivity contribution in [1.29, 1.82) is 0 Å². The highest BCUT2D eigenvalue weighted by atomic mass is 16.3. The van der Waals surface area contributed by atoms with Crippen molar-refractivity contribution >= 4 is 5.78 Å². The molecule has 4 rings (SSSR count). The summed E-state index contributed by atoms with van der Waals surface area (Å²) in [4.78, 5) is 13.0. The molecule has 1 N–H and O–H groups in total. The van der Waals surface area contributed by atoms with E-state index in [0.717, 1.165) is 16.7 Å². The lowest BCUT2D eigenvalue weighted by atomic mass is 9.74. The zero-order valence-corrected chi connectivity index (χ0v) is 13.9. The highest BCUT2D eigenvalue weighted by Crippen LogP contribution is 2.54. The van der Waals surface area contributed by atoms with E-state index in [2.05, 4.69) is 0 Å². The maximum atomic E-state index is 13.0. The minimum absolute atomic E-state index is 0.0893. The first-order chi connectivity index (χ1) is 12.2. The van der Waals surface area contributed by atoms with Gasteiger partial charge in [0.1, 0.15) is 11.4 Å². The molecule has 0 spiro atoms. The van der Waals surface area contributed by atoms with E-state index in [9.17, 15) is 9.90 Å². The van der Waals surface area contributed by atoms with Gasteiger partial charge in [-0.15, -0.1) is 0 Å². The van der Waals surface area contributed by atoms with Crippen molar-refractivity contribution in [2.24, 2.45) is 0 Å². The Morgan fingerprint density at radius 1 is 0.720 bits per heavy atom. The summed E-state index contributed by atoms with van der Waals surface area (Å²) in [7, 11) is 0. The molecule has 1 saturated carbocycles. The van der Waals surface area contributed by atoms with Crippen LogP contribution in [0.15, 0.2) is 91.0 Å². The highest BCUT2D eigenvalue weighted by molar-refractivity contribution is 5.91. The summed E-state index contributed by atoms with van der Waals surface area (Å²) in [5, 5.41) is 11.7. The molecule has 2 nitrogen and oxygen atoms in total. The third-order valence-corrected chi connectivity index (χ3v) is 5.23. The first-order valence-electron chi connectivity index (χ1n) is 8.60. The van der Waals surface area contributed by atoms with E-state index in [4.69, 9.17) is 0 Å². The summed E-state index contributed by atoms with van der Waals surface area (Å²) in [6.07, 6.45) is 0.135. The second-order valence-electron chi connectivity index (χ2n) is 6.71. The van der Waals surface area contributed by atoms with Gasteiger partial charge in [-0.25, -0.2) is 0 Å². The molecule has 1 fully saturated rings. The number of Topliss-reactive ketones (excluding diaryl/α,β-unsaturated/α-hetero) is 1. The largest absolute Gasteiger partial charge is 0.384 e. The molecule has 25 heavy (non-hydrogen) atoms. The summed E-state index contributed by atoms with van der Waals surface area (Å²) >= 11 is 0. The second kappa shape index (κ2) is 6.30. The van der Waals surface area contributed by atoms with Crippen LogP contribution in [-0.4, -0.2) is 10.9 Å². The van der Waals surface area contributed by atoms with Gasteiger partial charge in [0.05, 0.1) is 5.92 Å². The van der Waals surface area contributed by atoms with E-state index >= 15 is 0 Å². The molecule has 2 heteroatoms. The molecule has 0 unspecified atom stereocenters. The molecule has 0 amide bonds. The monoisotopic (exact) mass is 328 g/mol. The fourth-order valence-electron chi connectivity index (χ4n) is 4.12. The average molecular weight is 328 g/mol. The number of rotatable bonds is 3. The Hall–Kier alpha value is -2.71. The van der Waals surface area contributed by atoms with Crippen LogP contribution in [0.5, 0.6) is 0 Å². The number of aliphatic hydroxyl groups is 1. The van der Waals surface area contributed by atoms with Gasteiger partial charge in [-0.05, 0) is 16.7 Å². The van der Waals surface area contributed by atoms with E-state index in [1.807, 2.05) is 91.0 Å². The molecule has 0 aliphatic heterocycles. The normalized spacial score (nSPS) is 25.9. The maximum Gasteiger partial charge on any atom is 0.144 e. The van der Waals surface area contributed by atoms with Crippen LogP contribution >= 0.6 is 0 Å². The number of benzene rings is 3. The zero-order valence-electron chi connectivity index (χ0n) is 13.9. The lowest BCUT2D eigenvalue weighted by Crippen LogP contribution is -2.30. The molecule has 0 radical (unpaired) electrons. The summed E-state index contributed by atoms with van der Waals surface area (Å²) in [6, 6.07) is 29.3. The predicted octanol–water partition coefficient (Wildman–Crippen LogP) is 4.41. The zero-order chi connectivity index (χ0) is 17.3. The van der Waals surface area contributed by atoms with Crippen LogP contribution in [0.4, 0.5) is 0 Å². The topological polar surface area (TPSA) is 37.3 Å². The molecular weight excluding hydrogens is 308 g/mol. The number of ketones is 1. The predicted molar refractivity (Wildman–Crippen MR) is 98.3 cm³/mol. The van der Waals surface area contributed by atoms with Gasteiger partial charge in [0.25, 0.3) is 0 Å². The SMILES string of the molecule is O=C1C[C@@](O)(c2ccccc2)[C@H](c2ccccc2)[C@H]1c1ccccc1. The molecule has 0 saturated heterocycles. The van der Waals surface area contributed by atoms with E-state index < -0.39 is 5.60 Å². The molecule has 0 bridgehead atoms. The summed E-state index contributed by atoms with van der Waals surface area (Å²) in [6.45, 7) is 0. The van der Waals surface area contributed by atoms with Gasteiger partial charge >= 0.3 is 0 Å². The second-order valence-corrected chi connectivity index (χ2v) is 6.71. The van der Waals surface area contributed by atoms with E-state index in [0.29, 0.717) is 0 Å². The Kier molecular flexibility index (Phi) is 3.98. The third kappa shape index (κ3) is 2.69. The van der Waals surface area contributed by atoms with Crippen molar-refractivity contribution in [3.05, 3.63) is 108 Å².